The molecule has 2 N–H and O–H groups in total. The molecule has 2 saturated heterocycles. The normalized spacial score (nSPS) is 27.6. The number of anilines is 1. The van der Waals surface area contributed by atoms with Gasteiger partial charge in [0.05, 0.1) is 10.7 Å². The summed E-state index contributed by atoms with van der Waals surface area (Å²) in [7, 11) is 0. The molecule has 2 fully saturated rings. The van der Waals surface area contributed by atoms with Gasteiger partial charge in [0.2, 0.25) is 0 Å². The van der Waals surface area contributed by atoms with Gasteiger partial charge in [0.15, 0.2) is 0 Å². The highest BCUT2D eigenvalue weighted by Crippen LogP contribution is 2.33. The van der Waals surface area contributed by atoms with Gasteiger partial charge < -0.3 is 10.6 Å². The van der Waals surface area contributed by atoms with Crippen molar-refractivity contribution < 1.29 is 0 Å². The molecule has 19 heavy (non-hydrogen) atoms. The van der Waals surface area contributed by atoms with Crippen molar-refractivity contribution >= 4 is 17.3 Å². The fourth-order valence-corrected chi connectivity index (χ4v) is 3.74. The molecule has 0 bridgehead atoms. The lowest BCUT2D eigenvalue weighted by molar-refractivity contribution is 0.203. The zero-order chi connectivity index (χ0) is 13.4. The first-order chi connectivity index (χ1) is 9.19. The largest absolute Gasteiger partial charge is 0.365 e. The van der Waals surface area contributed by atoms with Crippen molar-refractivity contribution in [1.29, 1.82) is 0 Å². The molecular formula is C15H22ClN3. The van der Waals surface area contributed by atoms with Crippen LogP contribution in [0.15, 0.2) is 18.2 Å². The topological polar surface area (TPSA) is 32.5 Å². The maximum absolute atomic E-state index is 6.44. The van der Waals surface area contributed by atoms with Gasteiger partial charge in [0.1, 0.15) is 0 Å². The Hall–Kier alpha value is -0.770. The Kier molecular flexibility index (Phi) is 3.70. The number of nitrogens with two attached hydrogens (primary N) is 1. The van der Waals surface area contributed by atoms with E-state index in [9.17, 15) is 0 Å². The SMILES string of the molecule is CC1CN2CCCC2CN1c1ccc(CN)cc1Cl. The van der Waals surface area contributed by atoms with Crippen LogP contribution in [-0.2, 0) is 6.54 Å². The predicted octanol–water partition coefficient (Wildman–Crippen LogP) is 2.47. The lowest BCUT2D eigenvalue weighted by Crippen LogP contribution is -2.55. The second-order valence-electron chi connectivity index (χ2n) is 5.78. The zero-order valence-corrected chi connectivity index (χ0v) is 12.2. The summed E-state index contributed by atoms with van der Waals surface area (Å²) in [6, 6.07) is 7.46. The lowest BCUT2D eigenvalue weighted by atomic mass is 10.1. The van der Waals surface area contributed by atoms with E-state index in [-0.39, 0.29) is 0 Å². The van der Waals surface area contributed by atoms with E-state index in [0.717, 1.165) is 29.4 Å². The average molecular weight is 280 g/mol. The van der Waals surface area contributed by atoms with Crippen molar-refractivity contribution in [3.05, 3.63) is 28.8 Å². The van der Waals surface area contributed by atoms with E-state index in [1.54, 1.807) is 0 Å². The monoisotopic (exact) mass is 279 g/mol. The summed E-state index contributed by atoms with van der Waals surface area (Å²) in [6.45, 7) is 6.36. The highest BCUT2D eigenvalue weighted by atomic mass is 35.5. The molecule has 2 unspecified atom stereocenters. The summed E-state index contributed by atoms with van der Waals surface area (Å²) in [4.78, 5) is 5.10. The molecule has 2 aliphatic heterocycles. The first-order valence-electron chi connectivity index (χ1n) is 7.18. The van der Waals surface area contributed by atoms with Gasteiger partial charge in [-0.15, -0.1) is 0 Å². The van der Waals surface area contributed by atoms with Crippen LogP contribution in [0.1, 0.15) is 25.3 Å². The zero-order valence-electron chi connectivity index (χ0n) is 11.5. The van der Waals surface area contributed by atoms with Gasteiger partial charge in [-0.1, -0.05) is 17.7 Å². The van der Waals surface area contributed by atoms with Crippen molar-refractivity contribution in [3.8, 4) is 0 Å². The average Bonchev–Trinajstić information content (AvgIpc) is 2.85. The van der Waals surface area contributed by atoms with Gasteiger partial charge in [0.25, 0.3) is 0 Å². The van der Waals surface area contributed by atoms with Crippen LogP contribution in [0.5, 0.6) is 0 Å². The molecule has 2 atom stereocenters. The quantitative estimate of drug-likeness (QED) is 0.903. The van der Waals surface area contributed by atoms with Crippen molar-refractivity contribution in [1.82, 2.24) is 4.90 Å². The molecule has 1 aromatic carbocycles. The van der Waals surface area contributed by atoms with E-state index in [0.29, 0.717) is 18.6 Å². The van der Waals surface area contributed by atoms with E-state index >= 15 is 0 Å². The number of benzene rings is 1. The standard InChI is InChI=1S/C15H22ClN3/c1-11-9-18-6-2-3-13(18)10-19(11)15-5-4-12(8-17)7-14(15)16/h4-5,7,11,13H,2-3,6,8-10,17H2,1H3. The van der Waals surface area contributed by atoms with E-state index in [1.807, 2.05) is 6.07 Å². The van der Waals surface area contributed by atoms with Crippen LogP contribution in [0.4, 0.5) is 5.69 Å². The first-order valence-corrected chi connectivity index (χ1v) is 7.56. The lowest BCUT2D eigenvalue weighted by Gasteiger charge is -2.44. The predicted molar refractivity (Wildman–Crippen MR) is 80.7 cm³/mol. The highest BCUT2D eigenvalue weighted by Gasteiger charge is 2.34. The molecule has 0 saturated carbocycles. The summed E-state index contributed by atoms with van der Waals surface area (Å²) in [5, 5.41) is 0.834. The van der Waals surface area contributed by atoms with Crippen LogP contribution in [0.3, 0.4) is 0 Å². The van der Waals surface area contributed by atoms with Crippen LogP contribution in [0.2, 0.25) is 5.02 Å². The molecule has 104 valence electrons. The van der Waals surface area contributed by atoms with Crippen LogP contribution in [0, 0.1) is 0 Å². The molecule has 3 rings (SSSR count). The Morgan fingerprint density at radius 2 is 2.21 bits per heavy atom. The number of rotatable bonds is 2. The Bertz CT molecular complexity index is 463. The minimum atomic E-state index is 0.524. The van der Waals surface area contributed by atoms with Crippen molar-refractivity contribution in [2.45, 2.75) is 38.4 Å². The summed E-state index contributed by atoms with van der Waals surface area (Å²) < 4.78 is 0. The van der Waals surface area contributed by atoms with Crippen molar-refractivity contribution in [3.63, 3.8) is 0 Å². The summed E-state index contributed by atoms with van der Waals surface area (Å²) in [5.74, 6) is 0. The van der Waals surface area contributed by atoms with Crippen LogP contribution < -0.4 is 10.6 Å². The minimum absolute atomic E-state index is 0.524. The van der Waals surface area contributed by atoms with Gasteiger partial charge in [-0.3, -0.25) is 4.90 Å². The molecule has 0 aliphatic carbocycles. The summed E-state index contributed by atoms with van der Waals surface area (Å²) in [5.41, 5.74) is 7.93. The van der Waals surface area contributed by atoms with Gasteiger partial charge >= 0.3 is 0 Å². The van der Waals surface area contributed by atoms with Crippen LogP contribution >= 0.6 is 11.6 Å². The number of nitrogens with zero attached hydrogens (tertiary/aromatic N) is 2. The Labute approximate surface area is 120 Å². The number of hydrogen-bond donors (Lipinski definition) is 1. The molecule has 2 heterocycles. The Morgan fingerprint density at radius 1 is 1.37 bits per heavy atom. The molecule has 2 aliphatic rings. The third-order valence-corrected chi connectivity index (χ3v) is 4.80. The van der Waals surface area contributed by atoms with Crippen molar-refractivity contribution in [2.75, 3.05) is 24.5 Å². The fourth-order valence-electron chi connectivity index (χ4n) is 3.43. The van der Waals surface area contributed by atoms with E-state index in [2.05, 4.69) is 28.9 Å². The third-order valence-electron chi connectivity index (χ3n) is 4.49. The number of fused-ring (bicyclic) bond motifs is 1. The van der Waals surface area contributed by atoms with Crippen molar-refractivity contribution in [2.24, 2.45) is 5.73 Å². The van der Waals surface area contributed by atoms with Gasteiger partial charge in [-0.2, -0.15) is 0 Å². The molecule has 0 spiro atoms. The molecule has 4 heteroatoms. The first kappa shape index (κ1) is 13.2. The number of piperazine rings is 1. The number of halogens is 1. The van der Waals surface area contributed by atoms with E-state index in [4.69, 9.17) is 17.3 Å². The van der Waals surface area contributed by atoms with Crippen LogP contribution in [-0.4, -0.2) is 36.6 Å². The van der Waals surface area contributed by atoms with Gasteiger partial charge in [-0.05, 0) is 44.0 Å². The summed E-state index contributed by atoms with van der Waals surface area (Å²) in [6.07, 6.45) is 2.66. The van der Waals surface area contributed by atoms with Gasteiger partial charge in [0, 0.05) is 31.7 Å². The fraction of sp³-hybridized carbons (Fsp3) is 0.600. The molecule has 0 aromatic heterocycles. The molecule has 3 nitrogen and oxygen atoms in total. The number of hydrogen-bond acceptors (Lipinski definition) is 3. The molecule has 0 amide bonds. The van der Waals surface area contributed by atoms with E-state index < -0.39 is 0 Å². The third kappa shape index (κ3) is 2.47. The summed E-state index contributed by atoms with van der Waals surface area (Å²) >= 11 is 6.44. The smallest absolute Gasteiger partial charge is 0.0642 e. The van der Waals surface area contributed by atoms with E-state index in [1.165, 1.54) is 19.4 Å². The van der Waals surface area contributed by atoms with Crippen LogP contribution in [0.25, 0.3) is 0 Å². The second kappa shape index (κ2) is 5.31. The molecular weight excluding hydrogens is 258 g/mol. The Morgan fingerprint density at radius 3 is 2.95 bits per heavy atom. The molecule has 1 aromatic rings. The van der Waals surface area contributed by atoms with Gasteiger partial charge in [-0.25, -0.2) is 0 Å². The maximum Gasteiger partial charge on any atom is 0.0642 e. The minimum Gasteiger partial charge on any atom is -0.365 e. The maximum atomic E-state index is 6.44. The highest BCUT2D eigenvalue weighted by molar-refractivity contribution is 6.33. The Balaban J connectivity index is 1.84. The molecule has 0 radical (unpaired) electrons. The second-order valence-corrected chi connectivity index (χ2v) is 6.19.